The van der Waals surface area contributed by atoms with Gasteiger partial charge in [0, 0.05) is 29.2 Å². The summed E-state index contributed by atoms with van der Waals surface area (Å²) in [6, 6.07) is 13.2. The second-order valence-electron chi connectivity index (χ2n) is 5.07. The van der Waals surface area contributed by atoms with Crippen LogP contribution in [-0.4, -0.2) is 31.1 Å². The van der Waals surface area contributed by atoms with E-state index in [1.807, 2.05) is 30.3 Å². The van der Waals surface area contributed by atoms with E-state index in [0.717, 1.165) is 11.3 Å². The molecule has 2 aromatic rings. The quantitative estimate of drug-likeness (QED) is 0.807. The van der Waals surface area contributed by atoms with Crippen LogP contribution in [0.2, 0.25) is 0 Å². The van der Waals surface area contributed by atoms with Crippen LogP contribution in [0.1, 0.15) is 6.42 Å². The van der Waals surface area contributed by atoms with Crippen LogP contribution in [-0.2, 0) is 13.8 Å². The number of nitrogens with zero attached hydrogens (tertiary/aromatic N) is 2. The summed E-state index contributed by atoms with van der Waals surface area (Å²) in [5, 5.41) is -0.865. The molecule has 0 bridgehead atoms. The van der Waals surface area contributed by atoms with Crippen molar-refractivity contribution in [2.75, 3.05) is 11.4 Å². The topological polar surface area (TPSA) is 67.3 Å². The van der Waals surface area contributed by atoms with E-state index in [0.29, 0.717) is 5.69 Å². The molecular formula is C15H13ClN2O3S. The van der Waals surface area contributed by atoms with E-state index in [1.165, 1.54) is 4.90 Å². The minimum absolute atomic E-state index is 0.0665. The van der Waals surface area contributed by atoms with Crippen molar-refractivity contribution in [3.63, 3.8) is 0 Å². The Morgan fingerprint density at radius 2 is 1.86 bits per heavy atom. The molecule has 1 atom stereocenters. The Hall–Kier alpha value is -1.92. The number of hydrogen-bond donors (Lipinski definition) is 0. The largest absolute Gasteiger partial charge is 0.309 e. The number of carbonyl (C=O) groups is 1. The molecule has 0 N–H and O–H groups in total. The standard InChI is InChI=1S/C15H13ClN2O3S/c16-22(20,21)13-8-15(19)18(10-13)12-6-7-14(17-9-12)11-4-2-1-3-5-11/h1-7,9,13H,8,10H2. The van der Waals surface area contributed by atoms with E-state index in [9.17, 15) is 13.2 Å². The van der Waals surface area contributed by atoms with Crippen LogP contribution >= 0.6 is 10.7 Å². The molecule has 114 valence electrons. The Morgan fingerprint density at radius 3 is 2.41 bits per heavy atom. The van der Waals surface area contributed by atoms with E-state index >= 15 is 0 Å². The Bertz CT molecular complexity index is 791. The van der Waals surface area contributed by atoms with Gasteiger partial charge in [-0.1, -0.05) is 30.3 Å². The first-order valence-corrected chi connectivity index (χ1v) is 9.08. The summed E-state index contributed by atoms with van der Waals surface area (Å²) < 4.78 is 22.7. The summed E-state index contributed by atoms with van der Waals surface area (Å²) in [5.41, 5.74) is 2.34. The van der Waals surface area contributed by atoms with Crippen molar-refractivity contribution in [1.82, 2.24) is 4.98 Å². The van der Waals surface area contributed by atoms with Crippen LogP contribution in [0.3, 0.4) is 0 Å². The van der Waals surface area contributed by atoms with Crippen molar-refractivity contribution in [1.29, 1.82) is 0 Å². The molecule has 3 rings (SSSR count). The summed E-state index contributed by atoms with van der Waals surface area (Å²) in [6.45, 7) is 0.0665. The van der Waals surface area contributed by atoms with Gasteiger partial charge in [-0.15, -0.1) is 0 Å². The molecule has 7 heteroatoms. The van der Waals surface area contributed by atoms with Crippen molar-refractivity contribution in [3.8, 4) is 11.3 Å². The van der Waals surface area contributed by atoms with Gasteiger partial charge in [-0.25, -0.2) is 8.42 Å². The molecule has 0 saturated carbocycles. The third kappa shape index (κ3) is 2.98. The second kappa shape index (κ2) is 5.70. The molecule has 1 aliphatic rings. The minimum atomic E-state index is -3.74. The van der Waals surface area contributed by atoms with Crippen molar-refractivity contribution in [3.05, 3.63) is 48.7 Å². The molecular weight excluding hydrogens is 324 g/mol. The van der Waals surface area contributed by atoms with Crippen LogP contribution in [0, 0.1) is 0 Å². The molecule has 1 amide bonds. The van der Waals surface area contributed by atoms with Crippen molar-refractivity contribution in [2.24, 2.45) is 0 Å². The maximum atomic E-state index is 12.0. The predicted molar refractivity (Wildman–Crippen MR) is 85.2 cm³/mol. The van der Waals surface area contributed by atoms with Crippen molar-refractivity contribution in [2.45, 2.75) is 11.7 Å². The van der Waals surface area contributed by atoms with Gasteiger partial charge in [0.15, 0.2) is 0 Å². The lowest BCUT2D eigenvalue weighted by Gasteiger charge is -2.16. The normalized spacial score (nSPS) is 18.7. The Morgan fingerprint density at radius 1 is 1.14 bits per heavy atom. The molecule has 0 spiro atoms. The average molecular weight is 337 g/mol. The highest BCUT2D eigenvalue weighted by molar-refractivity contribution is 8.14. The van der Waals surface area contributed by atoms with Gasteiger partial charge >= 0.3 is 0 Å². The molecule has 1 aromatic heterocycles. The fourth-order valence-corrected chi connectivity index (χ4v) is 3.47. The van der Waals surface area contributed by atoms with Crippen molar-refractivity contribution >= 4 is 31.3 Å². The van der Waals surface area contributed by atoms with Gasteiger partial charge in [-0.2, -0.15) is 0 Å². The predicted octanol–water partition coefficient (Wildman–Crippen LogP) is 2.42. The van der Waals surface area contributed by atoms with Gasteiger partial charge in [0.05, 0.1) is 17.6 Å². The van der Waals surface area contributed by atoms with Gasteiger partial charge < -0.3 is 4.90 Å². The Balaban J connectivity index is 1.83. The fourth-order valence-electron chi connectivity index (χ4n) is 2.44. The Kier molecular flexibility index (Phi) is 3.88. The summed E-state index contributed by atoms with van der Waals surface area (Å²) in [4.78, 5) is 17.7. The number of amides is 1. The van der Waals surface area contributed by atoms with Gasteiger partial charge in [0.25, 0.3) is 0 Å². The lowest BCUT2D eigenvalue weighted by atomic mass is 10.1. The lowest BCUT2D eigenvalue weighted by molar-refractivity contribution is -0.117. The fraction of sp³-hybridized carbons (Fsp3) is 0.200. The number of rotatable bonds is 3. The zero-order chi connectivity index (χ0) is 15.7. The molecule has 1 aromatic carbocycles. The number of benzene rings is 1. The number of anilines is 1. The monoisotopic (exact) mass is 336 g/mol. The first-order valence-electron chi connectivity index (χ1n) is 6.70. The smallest absolute Gasteiger partial charge is 0.237 e. The zero-order valence-corrected chi connectivity index (χ0v) is 13.1. The second-order valence-corrected chi connectivity index (χ2v) is 7.98. The van der Waals surface area contributed by atoms with Crippen LogP contribution in [0.15, 0.2) is 48.7 Å². The molecule has 0 aliphatic carbocycles. The molecule has 0 radical (unpaired) electrons. The number of halogens is 1. The maximum Gasteiger partial charge on any atom is 0.237 e. The number of carbonyl (C=O) groups excluding carboxylic acids is 1. The lowest BCUT2D eigenvalue weighted by Crippen LogP contribution is -2.26. The van der Waals surface area contributed by atoms with Crippen LogP contribution in [0.4, 0.5) is 5.69 Å². The SMILES string of the molecule is O=C1CC(S(=O)(=O)Cl)CN1c1ccc(-c2ccccc2)nc1. The molecule has 1 unspecified atom stereocenters. The highest BCUT2D eigenvalue weighted by Gasteiger charge is 2.38. The van der Waals surface area contributed by atoms with Gasteiger partial charge in [0.1, 0.15) is 5.25 Å². The molecule has 2 heterocycles. The first-order chi connectivity index (χ1) is 10.4. The third-order valence-corrected chi connectivity index (χ3v) is 5.48. The van der Waals surface area contributed by atoms with E-state index in [4.69, 9.17) is 10.7 Å². The van der Waals surface area contributed by atoms with Crippen molar-refractivity contribution < 1.29 is 13.2 Å². The molecule has 22 heavy (non-hydrogen) atoms. The Labute approximate surface area is 133 Å². The highest BCUT2D eigenvalue weighted by Crippen LogP contribution is 2.27. The maximum absolute atomic E-state index is 12.0. The number of aromatic nitrogens is 1. The van der Waals surface area contributed by atoms with Crippen LogP contribution in [0.25, 0.3) is 11.3 Å². The molecule has 5 nitrogen and oxygen atoms in total. The molecule has 1 saturated heterocycles. The van der Waals surface area contributed by atoms with E-state index < -0.39 is 14.3 Å². The summed E-state index contributed by atoms with van der Waals surface area (Å²) in [5.74, 6) is -0.261. The highest BCUT2D eigenvalue weighted by atomic mass is 35.7. The van der Waals surface area contributed by atoms with Crippen LogP contribution < -0.4 is 4.90 Å². The van der Waals surface area contributed by atoms with Gasteiger partial charge in [-0.05, 0) is 12.1 Å². The summed E-state index contributed by atoms with van der Waals surface area (Å²) >= 11 is 0. The van der Waals surface area contributed by atoms with E-state index in [-0.39, 0.29) is 18.9 Å². The van der Waals surface area contributed by atoms with E-state index in [2.05, 4.69) is 4.98 Å². The molecule has 1 aliphatic heterocycles. The number of hydrogen-bond acceptors (Lipinski definition) is 4. The van der Waals surface area contributed by atoms with Gasteiger partial charge in [0.2, 0.25) is 15.0 Å². The first kappa shape index (κ1) is 15.0. The van der Waals surface area contributed by atoms with E-state index in [1.54, 1.807) is 18.3 Å². The summed E-state index contributed by atoms with van der Waals surface area (Å²) in [7, 11) is 1.60. The molecule has 1 fully saturated rings. The van der Waals surface area contributed by atoms with Gasteiger partial charge in [-0.3, -0.25) is 9.78 Å². The zero-order valence-electron chi connectivity index (χ0n) is 11.5. The minimum Gasteiger partial charge on any atom is -0.309 e. The van der Waals surface area contributed by atoms with Crippen LogP contribution in [0.5, 0.6) is 0 Å². The third-order valence-electron chi connectivity index (χ3n) is 3.62. The number of pyridine rings is 1. The summed E-state index contributed by atoms with van der Waals surface area (Å²) in [6.07, 6.45) is 1.48. The average Bonchev–Trinajstić information content (AvgIpc) is 2.90.